The number of hydrogen-bond donors (Lipinski definition) is 0. The van der Waals surface area contributed by atoms with E-state index in [1.165, 1.54) is 15.3 Å². The lowest BCUT2D eigenvalue weighted by Gasteiger charge is -2.10. The van der Waals surface area contributed by atoms with Crippen LogP contribution in [-0.4, -0.2) is 21.7 Å². The molecule has 1 aliphatic heterocycles. The molecule has 0 aromatic heterocycles. The summed E-state index contributed by atoms with van der Waals surface area (Å²) in [6.07, 6.45) is 1.89. The fraction of sp³-hybridized carbons (Fsp3) is 0.158. The molecule has 1 amide bonds. The van der Waals surface area contributed by atoms with E-state index in [0.717, 1.165) is 20.4 Å². The average molecular weight is 607 g/mol. The molecular formula is C19H15I2NO2S2. The van der Waals surface area contributed by atoms with Crippen LogP contribution in [0.4, 0.5) is 0 Å². The summed E-state index contributed by atoms with van der Waals surface area (Å²) >= 11 is 11.2. The third kappa shape index (κ3) is 4.79. The van der Waals surface area contributed by atoms with E-state index in [0.29, 0.717) is 22.4 Å². The summed E-state index contributed by atoms with van der Waals surface area (Å²) < 4.78 is 8.76. The molecule has 0 radical (unpaired) electrons. The molecule has 1 heterocycles. The Hall–Kier alpha value is -0.650. The van der Waals surface area contributed by atoms with E-state index in [9.17, 15) is 4.79 Å². The quantitative estimate of drug-likeness (QED) is 0.248. The molecule has 0 spiro atoms. The Morgan fingerprint density at radius 2 is 1.92 bits per heavy atom. The second-order valence-electron chi connectivity index (χ2n) is 5.53. The fourth-order valence-corrected chi connectivity index (χ4v) is 4.83. The van der Waals surface area contributed by atoms with Crippen LogP contribution in [-0.2, 0) is 11.4 Å². The molecule has 26 heavy (non-hydrogen) atoms. The maximum Gasteiger partial charge on any atom is 0.266 e. The van der Waals surface area contributed by atoms with Crippen LogP contribution in [0.15, 0.2) is 47.4 Å². The predicted octanol–water partition coefficient (Wildman–Crippen LogP) is 5.70. The summed E-state index contributed by atoms with van der Waals surface area (Å²) in [6, 6.07) is 14.2. The van der Waals surface area contributed by atoms with Crippen LogP contribution in [0.3, 0.4) is 0 Å². The van der Waals surface area contributed by atoms with E-state index in [4.69, 9.17) is 17.0 Å². The van der Waals surface area contributed by atoms with Crippen molar-refractivity contribution in [2.24, 2.45) is 0 Å². The van der Waals surface area contributed by atoms with Gasteiger partial charge in [0.25, 0.3) is 5.91 Å². The lowest BCUT2D eigenvalue weighted by molar-refractivity contribution is -0.121. The highest BCUT2D eigenvalue weighted by molar-refractivity contribution is 14.1. The van der Waals surface area contributed by atoms with Gasteiger partial charge in [-0.3, -0.25) is 9.69 Å². The molecule has 0 bridgehead atoms. The van der Waals surface area contributed by atoms with Crippen molar-refractivity contribution in [2.75, 3.05) is 6.54 Å². The molecule has 1 saturated heterocycles. The van der Waals surface area contributed by atoms with Crippen molar-refractivity contribution in [3.05, 3.63) is 65.6 Å². The minimum Gasteiger partial charge on any atom is -0.488 e. The number of hydrogen-bond acceptors (Lipinski definition) is 4. The van der Waals surface area contributed by atoms with E-state index in [1.54, 1.807) is 4.90 Å². The Morgan fingerprint density at radius 3 is 2.54 bits per heavy atom. The third-order valence-electron chi connectivity index (χ3n) is 3.75. The molecule has 7 heteroatoms. The molecule has 3 nitrogen and oxygen atoms in total. The van der Waals surface area contributed by atoms with Crippen LogP contribution in [0.1, 0.15) is 18.1 Å². The van der Waals surface area contributed by atoms with Crippen LogP contribution in [0.2, 0.25) is 0 Å². The van der Waals surface area contributed by atoms with Crippen LogP contribution in [0.25, 0.3) is 6.08 Å². The summed E-state index contributed by atoms with van der Waals surface area (Å²) in [5.74, 6) is 0.818. The number of benzene rings is 2. The van der Waals surface area contributed by atoms with E-state index >= 15 is 0 Å². The minimum atomic E-state index is -0.0171. The number of thioether (sulfide) groups is 1. The number of halogens is 2. The van der Waals surface area contributed by atoms with Crippen molar-refractivity contribution < 1.29 is 9.53 Å². The summed E-state index contributed by atoms with van der Waals surface area (Å²) in [7, 11) is 0. The summed E-state index contributed by atoms with van der Waals surface area (Å²) in [4.78, 5) is 14.6. The van der Waals surface area contributed by atoms with E-state index in [-0.39, 0.29) is 5.91 Å². The van der Waals surface area contributed by atoms with Gasteiger partial charge in [0.1, 0.15) is 16.7 Å². The number of carbonyl (C=O) groups excluding carboxylic acids is 1. The molecular weight excluding hydrogens is 592 g/mol. The Labute approximate surface area is 189 Å². The molecule has 0 aliphatic carbocycles. The van der Waals surface area contributed by atoms with Crippen molar-refractivity contribution in [1.29, 1.82) is 0 Å². The van der Waals surface area contributed by atoms with Gasteiger partial charge in [0.05, 0.1) is 8.48 Å². The fourth-order valence-electron chi connectivity index (χ4n) is 2.39. The molecule has 2 aromatic rings. The zero-order valence-electron chi connectivity index (χ0n) is 13.9. The van der Waals surface area contributed by atoms with Crippen LogP contribution in [0, 0.1) is 7.14 Å². The van der Waals surface area contributed by atoms with Crippen LogP contribution in [0.5, 0.6) is 5.75 Å². The van der Waals surface area contributed by atoms with Gasteiger partial charge in [0.2, 0.25) is 0 Å². The third-order valence-corrected chi connectivity index (χ3v) is 6.69. The van der Waals surface area contributed by atoms with Crippen molar-refractivity contribution in [1.82, 2.24) is 4.90 Å². The van der Waals surface area contributed by atoms with Gasteiger partial charge in [0, 0.05) is 10.1 Å². The number of amides is 1. The van der Waals surface area contributed by atoms with Gasteiger partial charge in [-0.15, -0.1) is 0 Å². The van der Waals surface area contributed by atoms with Crippen molar-refractivity contribution in [2.45, 2.75) is 13.5 Å². The number of carbonyl (C=O) groups is 1. The molecule has 0 atom stereocenters. The Kier molecular flexibility index (Phi) is 6.98. The van der Waals surface area contributed by atoms with Gasteiger partial charge in [-0.1, -0.05) is 42.2 Å². The van der Waals surface area contributed by atoms with Crippen molar-refractivity contribution in [3.63, 3.8) is 0 Å². The normalized spacial score (nSPS) is 15.8. The smallest absolute Gasteiger partial charge is 0.266 e. The molecule has 1 fully saturated rings. The second kappa shape index (κ2) is 9.03. The first-order valence-corrected chi connectivity index (χ1v) is 11.3. The molecule has 1 aliphatic rings. The number of ether oxygens (including phenoxy) is 1. The van der Waals surface area contributed by atoms with Gasteiger partial charge in [-0.25, -0.2) is 0 Å². The highest BCUT2D eigenvalue weighted by Crippen LogP contribution is 2.33. The van der Waals surface area contributed by atoms with Crippen LogP contribution >= 0.6 is 69.2 Å². The SMILES string of the molecule is CCN1C(=O)/C(=C/c2ccc(OCc3ccc(I)cc3)c(I)c2)SC1=S. The summed E-state index contributed by atoms with van der Waals surface area (Å²) in [5, 5.41) is 0. The minimum absolute atomic E-state index is 0.0171. The first-order valence-electron chi connectivity index (χ1n) is 7.90. The van der Waals surface area contributed by atoms with Crippen LogP contribution < -0.4 is 4.74 Å². The van der Waals surface area contributed by atoms with Gasteiger partial charge < -0.3 is 4.74 Å². The van der Waals surface area contributed by atoms with E-state index in [1.807, 2.05) is 31.2 Å². The van der Waals surface area contributed by atoms with Gasteiger partial charge >= 0.3 is 0 Å². The zero-order chi connectivity index (χ0) is 18.7. The Morgan fingerprint density at radius 1 is 1.19 bits per heavy atom. The lowest BCUT2D eigenvalue weighted by atomic mass is 10.2. The summed E-state index contributed by atoms with van der Waals surface area (Å²) in [6.45, 7) is 3.06. The predicted molar refractivity (Wildman–Crippen MR) is 128 cm³/mol. The topological polar surface area (TPSA) is 29.5 Å². The van der Waals surface area contributed by atoms with E-state index in [2.05, 4.69) is 69.4 Å². The largest absolute Gasteiger partial charge is 0.488 e. The number of likely N-dealkylation sites (N-methyl/N-ethyl adjacent to an activating group) is 1. The van der Waals surface area contributed by atoms with Crippen molar-refractivity contribution in [3.8, 4) is 5.75 Å². The molecule has 0 N–H and O–H groups in total. The molecule has 0 saturated carbocycles. The molecule has 3 rings (SSSR count). The van der Waals surface area contributed by atoms with Gasteiger partial charge in [-0.05, 0) is 93.6 Å². The monoisotopic (exact) mass is 607 g/mol. The Bertz CT molecular complexity index is 882. The first kappa shape index (κ1) is 20.1. The highest BCUT2D eigenvalue weighted by Gasteiger charge is 2.30. The maximum atomic E-state index is 12.3. The van der Waals surface area contributed by atoms with Crippen molar-refractivity contribution >= 4 is 85.5 Å². The lowest BCUT2D eigenvalue weighted by Crippen LogP contribution is -2.27. The highest BCUT2D eigenvalue weighted by atomic mass is 127. The average Bonchev–Trinajstić information content (AvgIpc) is 2.88. The standard InChI is InChI=1S/C19H15I2NO2S2/c1-2-22-18(23)17(26-19(22)25)10-13-5-8-16(15(21)9-13)24-11-12-3-6-14(20)7-4-12/h3-10H,2,11H2,1H3/b17-10-. The van der Waals surface area contributed by atoms with E-state index < -0.39 is 0 Å². The Balaban J connectivity index is 1.71. The molecule has 0 unspecified atom stereocenters. The number of thiocarbonyl (C=S) groups is 1. The second-order valence-corrected chi connectivity index (χ2v) is 9.61. The maximum absolute atomic E-state index is 12.3. The number of rotatable bonds is 5. The molecule has 134 valence electrons. The van der Waals surface area contributed by atoms with Gasteiger partial charge in [0.15, 0.2) is 0 Å². The van der Waals surface area contributed by atoms with Gasteiger partial charge in [-0.2, -0.15) is 0 Å². The zero-order valence-corrected chi connectivity index (χ0v) is 19.8. The first-order chi connectivity index (χ1) is 12.5. The summed E-state index contributed by atoms with van der Waals surface area (Å²) in [5.41, 5.74) is 2.10. The number of nitrogens with zero attached hydrogens (tertiary/aromatic N) is 1. The molecule has 2 aromatic carbocycles.